The number of ether oxygens (including phenoxy) is 1. The Morgan fingerprint density at radius 1 is 0.946 bits per heavy atom. The lowest BCUT2D eigenvalue weighted by molar-refractivity contribution is -0.123. The highest BCUT2D eigenvalue weighted by molar-refractivity contribution is 6.05. The summed E-state index contributed by atoms with van der Waals surface area (Å²) in [6, 6.07) is 14.8. The summed E-state index contributed by atoms with van der Waals surface area (Å²) in [4.78, 5) is 33.6. The Morgan fingerprint density at radius 2 is 1.59 bits per heavy atom. The second kappa shape index (κ2) is 13.0. The first kappa shape index (κ1) is 32.1. The minimum atomic E-state index is -1.03. The number of aromatic nitrogens is 1. The lowest BCUT2D eigenvalue weighted by Crippen LogP contribution is -2.46. The average molecular weight is 572 g/mol. The van der Waals surface area contributed by atoms with Gasteiger partial charge in [0.25, 0.3) is 0 Å². The molecule has 1 aromatic heterocycles. The predicted octanol–water partition coefficient (Wildman–Crippen LogP) is 5.52. The molecule has 2 heterocycles. The van der Waals surface area contributed by atoms with E-state index in [1.54, 1.807) is 31.4 Å². The van der Waals surface area contributed by atoms with Crippen LogP contribution in [0.2, 0.25) is 0 Å². The first-order chi connectivity index (χ1) is 16.2. The van der Waals surface area contributed by atoms with E-state index in [2.05, 4.69) is 21.2 Å². The number of halogens is 3. The van der Waals surface area contributed by atoms with Crippen LogP contribution in [0.4, 0.5) is 17.2 Å². The van der Waals surface area contributed by atoms with Gasteiger partial charge in [0, 0.05) is 54.4 Å². The van der Waals surface area contributed by atoms with Gasteiger partial charge in [0.15, 0.2) is 0 Å². The molecule has 1 aliphatic heterocycles. The molecule has 2 N–H and O–H groups in total. The molecule has 11 heteroatoms. The van der Waals surface area contributed by atoms with Crippen molar-refractivity contribution in [3.05, 3.63) is 54.1 Å². The molecular weight excluding hydrogens is 539 g/mol. The number of carboxylic acid groups (broad SMARTS) is 1. The molecule has 8 nitrogen and oxygen atoms in total. The standard InChI is InChI=1S/C26H30N4O4.3ClH/c1-26(2,3)25(33)27-17-8-9-22-20(14-17)21(24(31)32)16-23(28-22)30-12-10-29(11-13-30)18-6-5-7-19(15-18)34-4;;;/h5-9,14-16H,10-13H2,1-4H3,(H,27,33)(H,31,32);3*1H. The number of fused-ring (bicyclic) bond motifs is 1. The summed E-state index contributed by atoms with van der Waals surface area (Å²) in [5, 5.41) is 13.3. The van der Waals surface area contributed by atoms with E-state index in [0.717, 1.165) is 24.5 Å². The van der Waals surface area contributed by atoms with Crippen LogP contribution in [0.3, 0.4) is 0 Å². The summed E-state index contributed by atoms with van der Waals surface area (Å²) < 4.78 is 5.33. The van der Waals surface area contributed by atoms with Crippen LogP contribution in [0.1, 0.15) is 31.1 Å². The highest BCUT2D eigenvalue weighted by Crippen LogP contribution is 2.29. The maximum Gasteiger partial charge on any atom is 0.336 e. The number of anilines is 3. The van der Waals surface area contributed by atoms with E-state index < -0.39 is 11.4 Å². The Labute approximate surface area is 235 Å². The number of aromatic carboxylic acids is 1. The molecule has 1 aliphatic rings. The molecule has 0 bridgehead atoms. The molecule has 202 valence electrons. The number of nitrogens with one attached hydrogen (secondary N) is 1. The number of piperazine rings is 1. The maximum atomic E-state index is 12.4. The normalized spacial score (nSPS) is 13.1. The van der Waals surface area contributed by atoms with Gasteiger partial charge in [-0.25, -0.2) is 9.78 Å². The van der Waals surface area contributed by atoms with Crippen molar-refractivity contribution in [1.29, 1.82) is 0 Å². The number of carbonyl (C=O) groups is 2. The highest BCUT2D eigenvalue weighted by Gasteiger charge is 2.23. The average Bonchev–Trinajstić information content (AvgIpc) is 2.82. The van der Waals surface area contributed by atoms with Crippen molar-refractivity contribution in [2.45, 2.75) is 20.8 Å². The molecule has 0 spiro atoms. The summed E-state index contributed by atoms with van der Waals surface area (Å²) in [6.45, 7) is 8.49. The molecular formula is C26H33Cl3N4O4. The number of rotatable bonds is 5. The van der Waals surface area contributed by atoms with Gasteiger partial charge in [-0.15, -0.1) is 37.2 Å². The van der Waals surface area contributed by atoms with Crippen LogP contribution in [0.25, 0.3) is 10.9 Å². The van der Waals surface area contributed by atoms with Gasteiger partial charge in [-0.05, 0) is 36.4 Å². The van der Waals surface area contributed by atoms with E-state index in [0.29, 0.717) is 35.5 Å². The number of hydrogen-bond acceptors (Lipinski definition) is 6. The Hall–Kier alpha value is -2.94. The third kappa shape index (κ3) is 7.31. The second-order valence-electron chi connectivity index (χ2n) is 9.44. The lowest BCUT2D eigenvalue weighted by Gasteiger charge is -2.37. The largest absolute Gasteiger partial charge is 0.497 e. The molecule has 0 unspecified atom stereocenters. The molecule has 4 rings (SSSR count). The molecule has 37 heavy (non-hydrogen) atoms. The van der Waals surface area contributed by atoms with E-state index in [1.165, 1.54) is 0 Å². The number of carboxylic acids is 1. The Morgan fingerprint density at radius 3 is 2.19 bits per heavy atom. The van der Waals surface area contributed by atoms with Gasteiger partial charge in [-0.3, -0.25) is 4.79 Å². The minimum absolute atomic E-state index is 0. The number of amides is 1. The summed E-state index contributed by atoms with van der Waals surface area (Å²) >= 11 is 0. The van der Waals surface area contributed by atoms with Crippen LogP contribution in [-0.4, -0.2) is 55.3 Å². The fourth-order valence-electron chi connectivity index (χ4n) is 3.95. The van der Waals surface area contributed by atoms with Gasteiger partial charge in [0.05, 0.1) is 18.2 Å². The van der Waals surface area contributed by atoms with Crippen molar-refractivity contribution >= 4 is 77.2 Å². The van der Waals surface area contributed by atoms with Crippen LogP contribution in [0, 0.1) is 5.41 Å². The summed E-state index contributed by atoms with van der Waals surface area (Å²) in [5.74, 6) is 0.298. The summed E-state index contributed by atoms with van der Waals surface area (Å²) in [7, 11) is 1.66. The Balaban J connectivity index is 0.00000228. The zero-order valence-electron chi connectivity index (χ0n) is 21.2. The van der Waals surface area contributed by atoms with Crippen molar-refractivity contribution in [3.8, 4) is 5.75 Å². The van der Waals surface area contributed by atoms with Crippen LogP contribution in [0.5, 0.6) is 5.75 Å². The lowest BCUT2D eigenvalue weighted by atomic mass is 9.95. The number of pyridine rings is 1. The molecule has 0 aliphatic carbocycles. The number of hydrogen-bond donors (Lipinski definition) is 2. The van der Waals surface area contributed by atoms with Gasteiger partial charge in [-0.1, -0.05) is 26.8 Å². The van der Waals surface area contributed by atoms with E-state index in [1.807, 2.05) is 39.0 Å². The van der Waals surface area contributed by atoms with Crippen molar-refractivity contribution in [2.24, 2.45) is 5.41 Å². The fraction of sp³-hybridized carbons (Fsp3) is 0.346. The van der Waals surface area contributed by atoms with Crippen LogP contribution >= 0.6 is 37.2 Å². The third-order valence-corrected chi connectivity index (χ3v) is 5.99. The molecule has 1 amide bonds. The molecule has 0 atom stereocenters. The van der Waals surface area contributed by atoms with Gasteiger partial charge in [0.1, 0.15) is 11.6 Å². The van der Waals surface area contributed by atoms with Gasteiger partial charge in [-0.2, -0.15) is 0 Å². The number of nitrogens with zero attached hydrogens (tertiary/aromatic N) is 3. The number of methoxy groups -OCH3 is 1. The first-order valence-electron chi connectivity index (χ1n) is 11.3. The minimum Gasteiger partial charge on any atom is -0.497 e. The van der Waals surface area contributed by atoms with Gasteiger partial charge >= 0.3 is 5.97 Å². The molecule has 0 radical (unpaired) electrons. The van der Waals surface area contributed by atoms with Crippen LogP contribution in [-0.2, 0) is 4.79 Å². The third-order valence-electron chi connectivity index (χ3n) is 5.99. The quantitative estimate of drug-likeness (QED) is 0.416. The van der Waals surface area contributed by atoms with Crippen LogP contribution in [0.15, 0.2) is 48.5 Å². The topological polar surface area (TPSA) is 95.0 Å². The monoisotopic (exact) mass is 570 g/mol. The predicted molar refractivity (Wildman–Crippen MR) is 156 cm³/mol. The van der Waals surface area contributed by atoms with Crippen LogP contribution < -0.4 is 19.9 Å². The number of benzene rings is 2. The Kier molecular flexibility index (Phi) is 11.3. The van der Waals surface area contributed by atoms with E-state index in [4.69, 9.17) is 9.72 Å². The summed E-state index contributed by atoms with van der Waals surface area (Å²) in [6.07, 6.45) is 0. The van der Waals surface area contributed by atoms with Crippen molar-refractivity contribution < 1.29 is 19.4 Å². The zero-order valence-corrected chi connectivity index (χ0v) is 23.6. The summed E-state index contributed by atoms with van der Waals surface area (Å²) in [5.41, 5.74) is 1.85. The van der Waals surface area contributed by atoms with E-state index >= 15 is 0 Å². The van der Waals surface area contributed by atoms with Gasteiger partial charge in [0.2, 0.25) is 5.91 Å². The molecule has 3 aromatic rings. The zero-order chi connectivity index (χ0) is 24.5. The van der Waals surface area contributed by atoms with E-state index in [9.17, 15) is 14.7 Å². The fourth-order valence-corrected chi connectivity index (χ4v) is 3.95. The second-order valence-corrected chi connectivity index (χ2v) is 9.44. The molecule has 1 fully saturated rings. The van der Waals surface area contributed by atoms with Crippen molar-refractivity contribution in [2.75, 3.05) is 48.4 Å². The smallest absolute Gasteiger partial charge is 0.336 e. The maximum absolute atomic E-state index is 12.4. The molecule has 0 saturated carbocycles. The first-order valence-corrected chi connectivity index (χ1v) is 11.3. The van der Waals surface area contributed by atoms with E-state index in [-0.39, 0.29) is 48.7 Å². The molecule has 2 aromatic carbocycles. The highest BCUT2D eigenvalue weighted by atomic mass is 35.5. The van der Waals surface area contributed by atoms with Gasteiger partial charge < -0.3 is 25.0 Å². The van der Waals surface area contributed by atoms with Crippen molar-refractivity contribution in [3.63, 3.8) is 0 Å². The SMILES string of the molecule is COc1cccc(N2CCN(c3cc(C(=O)O)c4cc(NC(=O)C(C)(C)C)ccc4n3)CC2)c1.Cl.Cl.Cl. The number of carbonyl (C=O) groups excluding carboxylic acids is 1. The Bertz CT molecular complexity index is 1240. The van der Waals surface area contributed by atoms with Crippen molar-refractivity contribution in [1.82, 2.24) is 4.98 Å². The molecule has 1 saturated heterocycles.